The normalized spacial score (nSPS) is 29.8. The fraction of sp³-hybridized carbons (Fsp3) is 0.441. The van der Waals surface area contributed by atoms with Gasteiger partial charge in [-0.15, -0.1) is 0 Å². The summed E-state index contributed by atoms with van der Waals surface area (Å²) in [4.78, 5) is 50.5. The molecule has 2 fully saturated rings. The fourth-order valence-electron chi connectivity index (χ4n) is 7.51. The van der Waals surface area contributed by atoms with E-state index in [0.717, 1.165) is 30.2 Å². The van der Waals surface area contributed by atoms with Crippen LogP contribution in [0.3, 0.4) is 0 Å². The summed E-state index contributed by atoms with van der Waals surface area (Å²) >= 11 is 0. The molecule has 9 nitrogen and oxygen atoms in total. The number of hydrogen-bond donors (Lipinski definition) is 1. The maximum Gasteiger partial charge on any atom is 0.253 e. The molecular formula is C34H40N4O5. The minimum absolute atomic E-state index is 0.125. The quantitative estimate of drug-likeness (QED) is 0.479. The molecule has 2 aromatic carbocycles. The number of rotatable bonds is 8. The highest BCUT2D eigenvalue weighted by molar-refractivity contribution is 6.07. The van der Waals surface area contributed by atoms with E-state index in [-0.39, 0.29) is 30.9 Å². The van der Waals surface area contributed by atoms with Crippen molar-refractivity contribution in [2.45, 2.75) is 44.4 Å². The number of amides is 3. The second-order valence-corrected chi connectivity index (χ2v) is 11.8. The standard InChI is InChI=1S/C34H40N4O5/c1-4-35(5-2)24-14-16-26(17-15-24)37-21-10-19-34-28(31(41)38(22-11-23-39)29(34)32(37)42)27-30(40)36(25-12-7-6-8-13-25)20-9-18-33(27,3)43-34/h6-10,12-19,27-29,39H,4-5,11,20-23H2,1-3H3/t27-,28+,29?,33+,34+/m1/s1. The zero-order valence-electron chi connectivity index (χ0n) is 25.1. The van der Waals surface area contributed by atoms with Crippen LogP contribution in [0.4, 0.5) is 17.1 Å². The Morgan fingerprint density at radius 1 is 0.837 bits per heavy atom. The van der Waals surface area contributed by atoms with Gasteiger partial charge in [0.1, 0.15) is 11.6 Å². The highest BCUT2D eigenvalue weighted by Crippen LogP contribution is 2.57. The van der Waals surface area contributed by atoms with Crippen molar-refractivity contribution >= 4 is 34.8 Å². The van der Waals surface area contributed by atoms with Crippen molar-refractivity contribution in [1.82, 2.24) is 4.90 Å². The molecule has 0 saturated carbocycles. The van der Waals surface area contributed by atoms with E-state index in [1.165, 1.54) is 0 Å². The molecule has 4 aliphatic rings. The van der Waals surface area contributed by atoms with Crippen LogP contribution in [0.25, 0.3) is 0 Å². The number of carbonyl (C=O) groups is 3. The van der Waals surface area contributed by atoms with E-state index >= 15 is 0 Å². The van der Waals surface area contributed by atoms with Gasteiger partial charge in [0.05, 0.1) is 17.4 Å². The van der Waals surface area contributed by atoms with Gasteiger partial charge in [0.25, 0.3) is 5.91 Å². The Kier molecular flexibility index (Phi) is 7.64. The summed E-state index contributed by atoms with van der Waals surface area (Å²) in [7, 11) is 0. The van der Waals surface area contributed by atoms with Crippen LogP contribution in [-0.4, -0.2) is 84.3 Å². The molecule has 5 atom stereocenters. The maximum atomic E-state index is 14.6. The van der Waals surface area contributed by atoms with Crippen molar-refractivity contribution in [3.05, 3.63) is 78.9 Å². The first-order chi connectivity index (χ1) is 20.8. The molecule has 0 radical (unpaired) electrons. The van der Waals surface area contributed by atoms with Gasteiger partial charge in [-0.1, -0.05) is 42.5 Å². The highest BCUT2D eigenvalue weighted by atomic mass is 16.5. The molecule has 2 aromatic rings. The van der Waals surface area contributed by atoms with Crippen LogP contribution in [0.15, 0.2) is 78.9 Å². The number of fused-ring (bicyclic) bond motifs is 2. The Labute approximate surface area is 253 Å². The van der Waals surface area contributed by atoms with Gasteiger partial charge in [-0.05, 0) is 63.6 Å². The van der Waals surface area contributed by atoms with Crippen LogP contribution < -0.4 is 14.7 Å². The second-order valence-electron chi connectivity index (χ2n) is 11.8. The lowest BCUT2D eigenvalue weighted by molar-refractivity contribution is -0.144. The molecule has 226 valence electrons. The average Bonchev–Trinajstić information content (AvgIpc) is 3.28. The Morgan fingerprint density at radius 2 is 1.47 bits per heavy atom. The Hall–Kier alpha value is -3.95. The number of nitrogens with zero attached hydrogens (tertiary/aromatic N) is 4. The van der Waals surface area contributed by atoms with Gasteiger partial charge in [-0.25, -0.2) is 0 Å². The summed E-state index contributed by atoms with van der Waals surface area (Å²) in [5.74, 6) is -2.48. The Bertz CT molecular complexity index is 1440. The van der Waals surface area contributed by atoms with Gasteiger partial charge >= 0.3 is 0 Å². The number of anilines is 3. The first kappa shape index (κ1) is 29.1. The fourth-order valence-corrected chi connectivity index (χ4v) is 7.51. The van der Waals surface area contributed by atoms with Gasteiger partial charge in [-0.3, -0.25) is 14.4 Å². The van der Waals surface area contributed by atoms with E-state index in [9.17, 15) is 19.5 Å². The van der Waals surface area contributed by atoms with E-state index in [4.69, 9.17) is 4.74 Å². The third-order valence-electron chi connectivity index (χ3n) is 9.47. The number of hydrogen-bond acceptors (Lipinski definition) is 6. The lowest BCUT2D eigenvalue weighted by Gasteiger charge is -2.37. The third-order valence-corrected chi connectivity index (χ3v) is 9.47. The monoisotopic (exact) mass is 584 g/mol. The highest BCUT2D eigenvalue weighted by Gasteiger charge is 2.74. The second kappa shape index (κ2) is 11.3. The van der Waals surface area contributed by atoms with Crippen LogP contribution in [0, 0.1) is 11.8 Å². The molecule has 0 bridgehead atoms. The number of benzene rings is 2. The van der Waals surface area contributed by atoms with Crippen molar-refractivity contribution in [1.29, 1.82) is 0 Å². The molecule has 3 amide bonds. The maximum absolute atomic E-state index is 14.6. The van der Waals surface area contributed by atoms with Gasteiger partial charge in [0.15, 0.2) is 0 Å². The molecule has 9 heteroatoms. The molecule has 2 saturated heterocycles. The first-order valence-electron chi connectivity index (χ1n) is 15.3. The first-order valence-corrected chi connectivity index (χ1v) is 15.3. The lowest BCUT2D eigenvalue weighted by Crippen LogP contribution is -2.56. The summed E-state index contributed by atoms with van der Waals surface area (Å²) in [5, 5.41) is 9.69. The predicted molar refractivity (Wildman–Crippen MR) is 166 cm³/mol. The summed E-state index contributed by atoms with van der Waals surface area (Å²) in [6.07, 6.45) is 7.87. The Balaban J connectivity index is 1.41. The molecule has 4 aliphatic heterocycles. The minimum Gasteiger partial charge on any atom is -0.396 e. The lowest BCUT2D eigenvalue weighted by atomic mass is 9.74. The summed E-state index contributed by atoms with van der Waals surface area (Å²) < 4.78 is 6.90. The molecule has 0 aromatic heterocycles. The number of ether oxygens (including phenoxy) is 1. The third kappa shape index (κ3) is 4.57. The molecule has 0 aliphatic carbocycles. The van der Waals surface area contributed by atoms with E-state index in [1.807, 2.05) is 85.8 Å². The molecule has 1 spiro atoms. The van der Waals surface area contributed by atoms with E-state index in [0.29, 0.717) is 19.5 Å². The molecule has 1 unspecified atom stereocenters. The van der Waals surface area contributed by atoms with Gasteiger partial charge in [-0.2, -0.15) is 0 Å². The molecule has 1 N–H and O–H groups in total. The van der Waals surface area contributed by atoms with Crippen LogP contribution in [0.1, 0.15) is 27.2 Å². The SMILES string of the molecule is CCN(CC)c1ccc(N2CC=C[C@]34O[C@@]5(C)C=CCN(c6ccccc6)C(=O)[C@H]5[C@H]3C(=O)N(CCCO)C4C2=O)cc1. The minimum atomic E-state index is -1.33. The van der Waals surface area contributed by atoms with Gasteiger partial charge < -0.3 is 29.4 Å². The number of aliphatic hydroxyl groups is 1. The van der Waals surface area contributed by atoms with E-state index in [2.05, 4.69) is 18.7 Å². The van der Waals surface area contributed by atoms with Crippen LogP contribution in [0.5, 0.6) is 0 Å². The topological polar surface area (TPSA) is 93.6 Å². The zero-order chi connectivity index (χ0) is 30.4. The van der Waals surface area contributed by atoms with E-state index < -0.39 is 29.1 Å². The van der Waals surface area contributed by atoms with Crippen molar-refractivity contribution in [2.24, 2.45) is 11.8 Å². The number of aliphatic hydroxyl groups excluding tert-OH is 1. The summed E-state index contributed by atoms with van der Waals surface area (Å²) in [5.41, 5.74) is 0.120. The Morgan fingerprint density at radius 3 is 2.12 bits per heavy atom. The average molecular weight is 585 g/mol. The summed E-state index contributed by atoms with van der Waals surface area (Å²) in [6.45, 7) is 8.54. The van der Waals surface area contributed by atoms with Crippen LogP contribution in [0.2, 0.25) is 0 Å². The summed E-state index contributed by atoms with van der Waals surface area (Å²) in [6, 6.07) is 16.3. The smallest absolute Gasteiger partial charge is 0.253 e. The van der Waals surface area contributed by atoms with Crippen LogP contribution >= 0.6 is 0 Å². The molecular weight excluding hydrogens is 544 g/mol. The van der Waals surface area contributed by atoms with Crippen molar-refractivity contribution < 1.29 is 24.2 Å². The molecule has 43 heavy (non-hydrogen) atoms. The molecule has 4 heterocycles. The van der Waals surface area contributed by atoms with E-state index in [1.54, 1.807) is 14.7 Å². The van der Waals surface area contributed by atoms with Crippen molar-refractivity contribution in [2.75, 3.05) is 54.0 Å². The van der Waals surface area contributed by atoms with Gasteiger partial charge in [0, 0.05) is 56.4 Å². The predicted octanol–water partition coefficient (Wildman–Crippen LogP) is 3.39. The van der Waals surface area contributed by atoms with Crippen molar-refractivity contribution in [3.63, 3.8) is 0 Å². The zero-order valence-corrected chi connectivity index (χ0v) is 25.1. The molecule has 6 rings (SSSR count). The number of carbonyl (C=O) groups excluding carboxylic acids is 3. The largest absolute Gasteiger partial charge is 0.396 e. The van der Waals surface area contributed by atoms with Gasteiger partial charge in [0.2, 0.25) is 11.8 Å². The van der Waals surface area contributed by atoms with Crippen molar-refractivity contribution in [3.8, 4) is 0 Å². The number of likely N-dealkylation sites (tertiary alicyclic amines) is 1. The van der Waals surface area contributed by atoms with Crippen LogP contribution in [-0.2, 0) is 19.1 Å². The number of para-hydroxylation sites is 1.